The van der Waals surface area contributed by atoms with Crippen molar-refractivity contribution >= 4 is 28.9 Å². The van der Waals surface area contributed by atoms with Crippen LogP contribution in [0.3, 0.4) is 0 Å². The highest BCUT2D eigenvalue weighted by molar-refractivity contribution is 5.82. The minimum Gasteiger partial charge on any atom is -0.437 e. The average molecular weight is 342 g/mol. The van der Waals surface area contributed by atoms with E-state index in [0.29, 0.717) is 17.0 Å². The SMILES string of the molecule is O=[N+]([O-])c1ccccc1/C=C/c1nc2cc(-c3ccccc3)ccc2o1. The third kappa shape index (κ3) is 3.10. The van der Waals surface area contributed by atoms with Crippen LogP contribution in [0.1, 0.15) is 11.5 Å². The molecule has 1 heterocycles. The molecule has 4 aromatic rings. The second-order valence-electron chi connectivity index (χ2n) is 5.75. The molecule has 0 aliphatic heterocycles. The number of benzene rings is 3. The Bertz CT molecular complexity index is 1110. The monoisotopic (exact) mass is 342 g/mol. The minimum atomic E-state index is -0.405. The summed E-state index contributed by atoms with van der Waals surface area (Å²) in [4.78, 5) is 15.1. The first kappa shape index (κ1) is 15.8. The molecule has 5 nitrogen and oxygen atoms in total. The number of oxazole rings is 1. The number of nitro groups is 1. The van der Waals surface area contributed by atoms with Gasteiger partial charge in [0.05, 0.1) is 10.5 Å². The second-order valence-corrected chi connectivity index (χ2v) is 5.75. The first-order valence-corrected chi connectivity index (χ1v) is 8.08. The van der Waals surface area contributed by atoms with E-state index in [1.165, 1.54) is 6.07 Å². The molecule has 26 heavy (non-hydrogen) atoms. The summed E-state index contributed by atoms with van der Waals surface area (Å²) < 4.78 is 5.71. The Labute approximate surface area is 149 Å². The molecule has 0 aliphatic rings. The topological polar surface area (TPSA) is 69.2 Å². The molecule has 0 aliphatic carbocycles. The highest BCUT2D eigenvalue weighted by Crippen LogP contribution is 2.26. The fraction of sp³-hybridized carbons (Fsp3) is 0. The molecule has 0 amide bonds. The van der Waals surface area contributed by atoms with Gasteiger partial charge in [-0.15, -0.1) is 0 Å². The molecule has 0 fully saturated rings. The summed E-state index contributed by atoms with van der Waals surface area (Å²) in [6, 6.07) is 22.4. The predicted octanol–water partition coefficient (Wildman–Crippen LogP) is 5.57. The lowest BCUT2D eigenvalue weighted by Crippen LogP contribution is -1.90. The molecule has 0 bridgehead atoms. The van der Waals surface area contributed by atoms with Crippen LogP contribution >= 0.6 is 0 Å². The normalized spacial score (nSPS) is 11.2. The maximum absolute atomic E-state index is 11.1. The van der Waals surface area contributed by atoms with E-state index >= 15 is 0 Å². The molecule has 1 aromatic heterocycles. The average Bonchev–Trinajstić information content (AvgIpc) is 3.09. The molecule has 0 N–H and O–H groups in total. The quantitative estimate of drug-likeness (QED) is 0.359. The zero-order valence-corrected chi connectivity index (χ0v) is 13.7. The van der Waals surface area contributed by atoms with E-state index < -0.39 is 4.92 Å². The molecule has 0 saturated heterocycles. The van der Waals surface area contributed by atoms with Gasteiger partial charge < -0.3 is 4.42 Å². The Morgan fingerprint density at radius 2 is 1.65 bits per heavy atom. The molecule has 0 atom stereocenters. The summed E-state index contributed by atoms with van der Waals surface area (Å²) in [7, 11) is 0. The second kappa shape index (κ2) is 6.64. The largest absolute Gasteiger partial charge is 0.437 e. The van der Waals surface area contributed by atoms with Crippen molar-refractivity contribution in [2.24, 2.45) is 0 Å². The number of aromatic nitrogens is 1. The van der Waals surface area contributed by atoms with Gasteiger partial charge in [-0.05, 0) is 35.4 Å². The van der Waals surface area contributed by atoms with Crippen molar-refractivity contribution in [3.8, 4) is 11.1 Å². The Morgan fingerprint density at radius 3 is 2.46 bits per heavy atom. The number of nitrogens with zero attached hydrogens (tertiary/aromatic N) is 2. The summed E-state index contributed by atoms with van der Waals surface area (Å²) in [5, 5.41) is 11.1. The van der Waals surface area contributed by atoms with Crippen molar-refractivity contribution in [1.29, 1.82) is 0 Å². The molecule has 3 aromatic carbocycles. The molecule has 5 heteroatoms. The lowest BCUT2D eigenvalue weighted by Gasteiger charge is -1.99. The zero-order valence-electron chi connectivity index (χ0n) is 13.7. The number of hydrogen-bond donors (Lipinski definition) is 0. The van der Waals surface area contributed by atoms with Crippen LogP contribution < -0.4 is 0 Å². The van der Waals surface area contributed by atoms with Gasteiger partial charge in [0.1, 0.15) is 5.52 Å². The van der Waals surface area contributed by atoms with Gasteiger partial charge in [0.2, 0.25) is 5.89 Å². The summed E-state index contributed by atoms with van der Waals surface area (Å²) in [5.74, 6) is 0.406. The summed E-state index contributed by atoms with van der Waals surface area (Å²) >= 11 is 0. The molecule has 0 unspecified atom stereocenters. The van der Waals surface area contributed by atoms with E-state index in [2.05, 4.69) is 4.98 Å². The Balaban J connectivity index is 1.67. The number of fused-ring (bicyclic) bond motifs is 1. The smallest absolute Gasteiger partial charge is 0.276 e. The van der Waals surface area contributed by atoms with Crippen molar-refractivity contribution in [3.05, 3.63) is 94.4 Å². The van der Waals surface area contributed by atoms with E-state index in [1.807, 2.05) is 48.5 Å². The number of para-hydroxylation sites is 1. The number of hydrogen-bond acceptors (Lipinski definition) is 4. The molecular formula is C21H14N2O3. The van der Waals surface area contributed by atoms with E-state index in [0.717, 1.165) is 16.6 Å². The van der Waals surface area contributed by atoms with Crippen LogP contribution in [-0.2, 0) is 0 Å². The maximum atomic E-state index is 11.1. The maximum Gasteiger partial charge on any atom is 0.276 e. The van der Waals surface area contributed by atoms with Crippen LogP contribution in [0.2, 0.25) is 0 Å². The molecule has 0 radical (unpaired) electrons. The van der Waals surface area contributed by atoms with E-state index in [-0.39, 0.29) is 5.69 Å². The first-order valence-electron chi connectivity index (χ1n) is 8.08. The van der Waals surface area contributed by atoms with Crippen LogP contribution in [0, 0.1) is 10.1 Å². The van der Waals surface area contributed by atoms with Gasteiger partial charge in [-0.25, -0.2) is 4.98 Å². The van der Waals surface area contributed by atoms with Gasteiger partial charge in [-0.1, -0.05) is 48.5 Å². The van der Waals surface area contributed by atoms with Crippen molar-refractivity contribution in [3.63, 3.8) is 0 Å². The molecule has 0 saturated carbocycles. The predicted molar refractivity (Wildman–Crippen MR) is 101 cm³/mol. The van der Waals surface area contributed by atoms with Gasteiger partial charge in [-0.3, -0.25) is 10.1 Å². The Morgan fingerprint density at radius 1 is 0.885 bits per heavy atom. The van der Waals surface area contributed by atoms with Gasteiger partial charge in [-0.2, -0.15) is 0 Å². The van der Waals surface area contributed by atoms with Crippen LogP contribution in [-0.4, -0.2) is 9.91 Å². The summed E-state index contributed by atoms with van der Waals surface area (Å²) in [6.07, 6.45) is 3.28. The molecule has 0 spiro atoms. The van der Waals surface area contributed by atoms with Crippen LogP contribution in [0.4, 0.5) is 5.69 Å². The lowest BCUT2D eigenvalue weighted by atomic mass is 10.1. The van der Waals surface area contributed by atoms with Crippen LogP contribution in [0.15, 0.2) is 77.2 Å². The highest BCUT2D eigenvalue weighted by atomic mass is 16.6. The van der Waals surface area contributed by atoms with E-state index in [9.17, 15) is 10.1 Å². The van der Waals surface area contributed by atoms with Gasteiger partial charge >= 0.3 is 0 Å². The third-order valence-corrected chi connectivity index (χ3v) is 4.05. The lowest BCUT2D eigenvalue weighted by molar-refractivity contribution is -0.385. The molecule has 4 rings (SSSR count). The molecular weight excluding hydrogens is 328 g/mol. The Hall–Kier alpha value is -3.73. The van der Waals surface area contributed by atoms with Crippen molar-refractivity contribution < 1.29 is 9.34 Å². The van der Waals surface area contributed by atoms with Crippen LogP contribution in [0.5, 0.6) is 0 Å². The fourth-order valence-corrected chi connectivity index (χ4v) is 2.78. The van der Waals surface area contributed by atoms with E-state index in [1.54, 1.807) is 30.4 Å². The number of nitro benzene ring substituents is 1. The van der Waals surface area contributed by atoms with Gasteiger partial charge in [0.25, 0.3) is 5.69 Å². The number of rotatable bonds is 4. The minimum absolute atomic E-state index is 0.0474. The first-order chi connectivity index (χ1) is 12.7. The van der Waals surface area contributed by atoms with Crippen LogP contribution in [0.25, 0.3) is 34.4 Å². The van der Waals surface area contributed by atoms with Gasteiger partial charge in [0.15, 0.2) is 5.58 Å². The molecule has 126 valence electrons. The Kier molecular flexibility index (Phi) is 4.03. The summed E-state index contributed by atoms with van der Waals surface area (Å²) in [5.41, 5.74) is 4.13. The van der Waals surface area contributed by atoms with Crippen molar-refractivity contribution in [1.82, 2.24) is 4.98 Å². The zero-order chi connectivity index (χ0) is 17.9. The highest BCUT2D eigenvalue weighted by Gasteiger charge is 2.10. The summed E-state index contributed by atoms with van der Waals surface area (Å²) in [6.45, 7) is 0. The van der Waals surface area contributed by atoms with E-state index in [4.69, 9.17) is 4.42 Å². The fourth-order valence-electron chi connectivity index (χ4n) is 2.78. The standard InChI is InChI=1S/C21H14N2O3/c24-23(25)19-9-5-4-8-16(19)11-13-21-22-18-14-17(10-12-20(18)26-21)15-6-2-1-3-7-15/h1-14H/b13-11+. The van der Waals surface area contributed by atoms with Gasteiger partial charge in [0, 0.05) is 12.1 Å². The van der Waals surface area contributed by atoms with Crippen molar-refractivity contribution in [2.45, 2.75) is 0 Å². The van der Waals surface area contributed by atoms with Crippen molar-refractivity contribution in [2.75, 3.05) is 0 Å². The third-order valence-electron chi connectivity index (χ3n) is 4.05.